The maximum absolute atomic E-state index is 8.62. The number of fused-ring (bicyclic) bond motifs is 1. The lowest BCUT2D eigenvalue weighted by atomic mass is 10.3. The van der Waals surface area contributed by atoms with Crippen LogP contribution in [-0.4, -0.2) is 9.38 Å². The van der Waals surface area contributed by atoms with E-state index in [9.17, 15) is 0 Å². The van der Waals surface area contributed by atoms with Crippen molar-refractivity contribution in [3.05, 3.63) is 35.8 Å². The number of nitrogens with zero attached hydrogens (tertiary/aromatic N) is 3. The van der Waals surface area contributed by atoms with E-state index in [2.05, 4.69) is 11.1 Å². The molecule has 0 unspecified atom stereocenters. The molecule has 2 rings (SSSR count). The van der Waals surface area contributed by atoms with E-state index >= 15 is 0 Å². The van der Waals surface area contributed by atoms with Gasteiger partial charge < -0.3 is 4.40 Å². The van der Waals surface area contributed by atoms with Crippen molar-refractivity contribution >= 4 is 5.65 Å². The minimum Gasteiger partial charge on any atom is -0.306 e. The fourth-order valence-corrected chi connectivity index (χ4v) is 1.18. The van der Waals surface area contributed by atoms with Crippen LogP contribution in [0.25, 0.3) is 5.65 Å². The number of aryl methyl sites for hydroxylation is 1. The average Bonchev–Trinajstić information content (AvgIpc) is 2.43. The topological polar surface area (TPSA) is 41.1 Å². The molecular weight excluding hydrogens is 150 g/mol. The van der Waals surface area contributed by atoms with Gasteiger partial charge in [0, 0.05) is 12.4 Å². The molecule has 0 spiro atoms. The van der Waals surface area contributed by atoms with Crippen LogP contribution in [0.1, 0.15) is 11.3 Å². The normalized spacial score (nSPS) is 10.0. The maximum atomic E-state index is 8.62. The van der Waals surface area contributed by atoms with Gasteiger partial charge in [-0.1, -0.05) is 0 Å². The minimum atomic E-state index is 0.653. The molecule has 0 amide bonds. The van der Waals surface area contributed by atoms with Crippen LogP contribution < -0.4 is 0 Å². The number of pyridine rings is 1. The summed E-state index contributed by atoms with van der Waals surface area (Å²) >= 11 is 0. The molecule has 0 saturated carbocycles. The van der Waals surface area contributed by atoms with Gasteiger partial charge in [-0.15, -0.1) is 0 Å². The third kappa shape index (κ3) is 0.940. The molecule has 0 aromatic carbocycles. The molecule has 0 radical (unpaired) electrons. The molecule has 0 aliphatic carbocycles. The quantitative estimate of drug-likeness (QED) is 0.581. The molecule has 3 nitrogen and oxygen atoms in total. The van der Waals surface area contributed by atoms with Gasteiger partial charge in [0.1, 0.15) is 11.7 Å². The molecule has 3 heteroatoms. The van der Waals surface area contributed by atoms with Crippen LogP contribution in [-0.2, 0) is 0 Å². The van der Waals surface area contributed by atoms with Crippen LogP contribution in [0.4, 0.5) is 0 Å². The Morgan fingerprint density at radius 3 is 3.00 bits per heavy atom. The molecule has 12 heavy (non-hydrogen) atoms. The van der Waals surface area contributed by atoms with Crippen molar-refractivity contribution in [2.45, 2.75) is 6.92 Å². The Bertz CT molecular complexity index is 462. The summed E-state index contributed by atoms with van der Waals surface area (Å²) in [4.78, 5) is 4.24. The van der Waals surface area contributed by atoms with E-state index in [1.54, 1.807) is 12.3 Å². The van der Waals surface area contributed by atoms with E-state index in [0.29, 0.717) is 5.56 Å². The summed E-state index contributed by atoms with van der Waals surface area (Å²) in [6, 6.07) is 5.68. The van der Waals surface area contributed by atoms with Gasteiger partial charge >= 0.3 is 0 Å². The highest BCUT2D eigenvalue weighted by molar-refractivity contribution is 5.43. The Balaban J connectivity index is 2.77. The standard InChI is InChI=1S/C9H7N3/c1-7-5-12-6-8(4-10)2-3-9(12)11-7/h2-3,5-6H,1H3. The number of hydrogen-bond donors (Lipinski definition) is 0. The second-order valence-electron chi connectivity index (χ2n) is 2.68. The predicted molar refractivity (Wildman–Crippen MR) is 44.6 cm³/mol. The third-order valence-corrected chi connectivity index (χ3v) is 1.70. The summed E-state index contributed by atoms with van der Waals surface area (Å²) in [7, 11) is 0. The highest BCUT2D eigenvalue weighted by Crippen LogP contribution is 2.05. The largest absolute Gasteiger partial charge is 0.306 e. The van der Waals surface area contributed by atoms with Crippen molar-refractivity contribution < 1.29 is 0 Å². The van der Waals surface area contributed by atoms with Crippen LogP contribution in [0.5, 0.6) is 0 Å². The van der Waals surface area contributed by atoms with Gasteiger partial charge in [-0.05, 0) is 19.1 Å². The summed E-state index contributed by atoms with van der Waals surface area (Å²) in [6.45, 7) is 1.93. The van der Waals surface area contributed by atoms with Gasteiger partial charge in [-0.3, -0.25) is 0 Å². The zero-order valence-corrected chi connectivity index (χ0v) is 6.65. The van der Waals surface area contributed by atoms with Gasteiger partial charge in [0.15, 0.2) is 0 Å². The fourth-order valence-electron chi connectivity index (χ4n) is 1.18. The maximum Gasteiger partial charge on any atom is 0.137 e. The van der Waals surface area contributed by atoms with Crippen LogP contribution in [0.15, 0.2) is 24.5 Å². The van der Waals surface area contributed by atoms with Crippen molar-refractivity contribution in [1.82, 2.24) is 9.38 Å². The van der Waals surface area contributed by atoms with E-state index in [4.69, 9.17) is 5.26 Å². The first-order valence-corrected chi connectivity index (χ1v) is 3.65. The molecule has 2 heterocycles. The Kier molecular flexibility index (Phi) is 1.34. The number of nitriles is 1. The van der Waals surface area contributed by atoms with Crippen molar-refractivity contribution in [3.8, 4) is 6.07 Å². The first-order chi connectivity index (χ1) is 5.79. The molecule has 0 fully saturated rings. The van der Waals surface area contributed by atoms with Crippen molar-refractivity contribution in [2.75, 3.05) is 0 Å². The van der Waals surface area contributed by atoms with E-state index in [1.165, 1.54) is 0 Å². The SMILES string of the molecule is Cc1cn2cc(C#N)ccc2n1. The molecule has 0 aliphatic rings. The van der Waals surface area contributed by atoms with E-state index in [0.717, 1.165) is 11.3 Å². The first kappa shape index (κ1) is 6.86. The van der Waals surface area contributed by atoms with Crippen LogP contribution in [0, 0.1) is 18.3 Å². The number of rotatable bonds is 0. The lowest BCUT2D eigenvalue weighted by Gasteiger charge is -1.91. The molecule has 2 aromatic heterocycles. The summed E-state index contributed by atoms with van der Waals surface area (Å²) < 4.78 is 1.86. The van der Waals surface area contributed by atoms with Crippen LogP contribution in [0.2, 0.25) is 0 Å². The molecule has 0 bridgehead atoms. The number of imidazole rings is 1. The van der Waals surface area contributed by atoms with Gasteiger partial charge in [0.05, 0.1) is 11.3 Å². The second kappa shape index (κ2) is 2.35. The Hall–Kier alpha value is -1.82. The lowest BCUT2D eigenvalue weighted by Crippen LogP contribution is -1.83. The zero-order chi connectivity index (χ0) is 8.55. The summed E-state index contributed by atoms with van der Waals surface area (Å²) in [6.07, 6.45) is 3.67. The van der Waals surface area contributed by atoms with Crippen molar-refractivity contribution in [1.29, 1.82) is 5.26 Å². The highest BCUT2D eigenvalue weighted by Gasteiger charge is 1.97. The Morgan fingerprint density at radius 2 is 2.25 bits per heavy atom. The highest BCUT2D eigenvalue weighted by atomic mass is 15.0. The smallest absolute Gasteiger partial charge is 0.137 e. The average molecular weight is 157 g/mol. The zero-order valence-electron chi connectivity index (χ0n) is 6.65. The number of aromatic nitrogens is 2. The minimum absolute atomic E-state index is 0.653. The van der Waals surface area contributed by atoms with Crippen molar-refractivity contribution in [3.63, 3.8) is 0 Å². The van der Waals surface area contributed by atoms with Gasteiger partial charge in [-0.25, -0.2) is 4.98 Å². The van der Waals surface area contributed by atoms with E-state index in [1.807, 2.05) is 23.6 Å². The van der Waals surface area contributed by atoms with E-state index < -0.39 is 0 Å². The molecule has 2 aromatic rings. The van der Waals surface area contributed by atoms with Crippen LogP contribution in [0.3, 0.4) is 0 Å². The first-order valence-electron chi connectivity index (χ1n) is 3.65. The van der Waals surface area contributed by atoms with Crippen LogP contribution >= 0.6 is 0 Å². The third-order valence-electron chi connectivity index (χ3n) is 1.70. The summed E-state index contributed by atoms with van der Waals surface area (Å²) in [5.74, 6) is 0. The summed E-state index contributed by atoms with van der Waals surface area (Å²) in [5.41, 5.74) is 2.50. The molecule has 0 N–H and O–H groups in total. The molecule has 58 valence electrons. The van der Waals surface area contributed by atoms with Gasteiger partial charge in [-0.2, -0.15) is 5.26 Å². The molecule has 0 saturated heterocycles. The monoisotopic (exact) mass is 157 g/mol. The predicted octanol–water partition coefficient (Wildman–Crippen LogP) is 1.51. The molecule has 0 aliphatic heterocycles. The van der Waals surface area contributed by atoms with E-state index in [-0.39, 0.29) is 0 Å². The van der Waals surface area contributed by atoms with Crippen molar-refractivity contribution in [2.24, 2.45) is 0 Å². The number of hydrogen-bond acceptors (Lipinski definition) is 2. The Morgan fingerprint density at radius 1 is 1.42 bits per heavy atom. The second-order valence-corrected chi connectivity index (χ2v) is 2.68. The van der Waals surface area contributed by atoms with Gasteiger partial charge in [0.25, 0.3) is 0 Å². The lowest BCUT2D eigenvalue weighted by molar-refractivity contribution is 1.17. The summed E-state index contributed by atoms with van der Waals surface area (Å²) in [5, 5.41) is 8.62. The molecular formula is C9H7N3. The fraction of sp³-hybridized carbons (Fsp3) is 0.111. The molecule has 0 atom stereocenters. The van der Waals surface area contributed by atoms with Gasteiger partial charge in [0.2, 0.25) is 0 Å². The Labute approximate surface area is 69.9 Å².